The number of carbonyl (C=O) groups excluding carboxylic acids is 1. The number of carbonyl (C=O) groups is 1. The molecular formula is C14H16N4O. The van der Waals surface area contributed by atoms with Gasteiger partial charge in [0.05, 0.1) is 0 Å². The molecule has 3 rings (SSSR count). The Bertz CT molecular complexity index is 592. The van der Waals surface area contributed by atoms with Gasteiger partial charge in [-0.3, -0.25) is 14.5 Å². The summed E-state index contributed by atoms with van der Waals surface area (Å²) in [4.78, 5) is 18.3. The molecule has 0 saturated carbocycles. The van der Waals surface area contributed by atoms with Gasteiger partial charge in [0.2, 0.25) is 0 Å². The molecule has 98 valence electrons. The fraction of sp³-hybridized carbons (Fsp3) is 0.357. The van der Waals surface area contributed by atoms with Gasteiger partial charge in [0, 0.05) is 37.7 Å². The van der Waals surface area contributed by atoms with Gasteiger partial charge >= 0.3 is 0 Å². The minimum absolute atomic E-state index is 0.0180. The van der Waals surface area contributed by atoms with Crippen LogP contribution in [-0.2, 0) is 13.1 Å². The number of amides is 1. The van der Waals surface area contributed by atoms with Crippen LogP contribution in [0.15, 0.2) is 30.7 Å². The van der Waals surface area contributed by atoms with Gasteiger partial charge in [0.1, 0.15) is 5.69 Å². The highest BCUT2D eigenvalue weighted by Gasteiger charge is 2.25. The average Bonchev–Trinajstić information content (AvgIpc) is 3.04. The molecule has 0 aromatic carbocycles. The molecule has 0 bridgehead atoms. The molecule has 0 aliphatic carbocycles. The molecule has 1 amide bonds. The maximum absolute atomic E-state index is 12.4. The Morgan fingerprint density at radius 2 is 2.05 bits per heavy atom. The first kappa shape index (κ1) is 11.9. The van der Waals surface area contributed by atoms with Crippen molar-refractivity contribution in [2.75, 3.05) is 0 Å². The van der Waals surface area contributed by atoms with Crippen molar-refractivity contribution in [3.8, 4) is 0 Å². The lowest BCUT2D eigenvalue weighted by atomic mass is 10.2. The van der Waals surface area contributed by atoms with E-state index in [4.69, 9.17) is 0 Å². The first-order valence-corrected chi connectivity index (χ1v) is 6.41. The monoisotopic (exact) mass is 256 g/mol. The summed E-state index contributed by atoms with van der Waals surface area (Å²) < 4.78 is 1.80. The van der Waals surface area contributed by atoms with Crippen LogP contribution in [0.2, 0.25) is 0 Å². The van der Waals surface area contributed by atoms with Crippen molar-refractivity contribution in [1.82, 2.24) is 19.7 Å². The number of fused-ring (bicyclic) bond motifs is 1. The molecule has 5 heteroatoms. The van der Waals surface area contributed by atoms with E-state index in [1.54, 1.807) is 21.8 Å². The lowest BCUT2D eigenvalue weighted by Gasteiger charge is -2.13. The first-order chi connectivity index (χ1) is 9.15. The van der Waals surface area contributed by atoms with Crippen molar-refractivity contribution in [3.05, 3.63) is 47.5 Å². The van der Waals surface area contributed by atoms with E-state index in [1.807, 2.05) is 32.3 Å². The number of pyridine rings is 1. The summed E-state index contributed by atoms with van der Waals surface area (Å²) in [5.41, 5.74) is 2.81. The maximum Gasteiger partial charge on any atom is 0.274 e. The lowest BCUT2D eigenvalue weighted by molar-refractivity contribution is 0.0744. The van der Waals surface area contributed by atoms with Gasteiger partial charge in [-0.2, -0.15) is 5.10 Å². The second-order valence-electron chi connectivity index (χ2n) is 5.08. The second kappa shape index (κ2) is 4.50. The molecule has 0 radical (unpaired) electrons. The molecular weight excluding hydrogens is 240 g/mol. The molecule has 19 heavy (non-hydrogen) atoms. The van der Waals surface area contributed by atoms with Crippen LogP contribution in [0, 0.1) is 0 Å². The average molecular weight is 256 g/mol. The third-order valence-electron chi connectivity index (χ3n) is 3.37. The van der Waals surface area contributed by atoms with E-state index < -0.39 is 0 Å². The highest BCUT2D eigenvalue weighted by Crippen LogP contribution is 2.22. The number of aromatic nitrogens is 3. The van der Waals surface area contributed by atoms with E-state index in [-0.39, 0.29) is 11.9 Å². The topological polar surface area (TPSA) is 51.0 Å². The molecule has 0 N–H and O–H groups in total. The summed E-state index contributed by atoms with van der Waals surface area (Å²) in [6, 6.07) is 4.01. The normalized spacial score (nSPS) is 13.9. The molecule has 1 aliphatic heterocycles. The zero-order valence-electron chi connectivity index (χ0n) is 11.1. The van der Waals surface area contributed by atoms with Crippen molar-refractivity contribution in [2.45, 2.75) is 33.0 Å². The molecule has 1 aliphatic rings. The summed E-state index contributed by atoms with van der Waals surface area (Å²) in [7, 11) is 0. The summed E-state index contributed by atoms with van der Waals surface area (Å²) in [5.74, 6) is -0.0180. The Labute approximate surface area is 111 Å². The largest absolute Gasteiger partial charge is 0.329 e. The number of hydrogen-bond donors (Lipinski definition) is 0. The third kappa shape index (κ3) is 2.12. The summed E-state index contributed by atoms with van der Waals surface area (Å²) in [6.45, 7) is 5.35. The Hall–Kier alpha value is -2.17. The van der Waals surface area contributed by atoms with Gasteiger partial charge in [0.15, 0.2) is 0 Å². The molecule has 0 unspecified atom stereocenters. The molecule has 0 fully saturated rings. The fourth-order valence-electron chi connectivity index (χ4n) is 2.27. The Morgan fingerprint density at radius 1 is 1.26 bits per heavy atom. The van der Waals surface area contributed by atoms with E-state index in [0.29, 0.717) is 18.8 Å². The highest BCUT2D eigenvalue weighted by molar-refractivity contribution is 5.92. The zero-order chi connectivity index (χ0) is 13.4. The molecule has 2 aromatic heterocycles. The van der Waals surface area contributed by atoms with Crippen molar-refractivity contribution in [3.63, 3.8) is 0 Å². The maximum atomic E-state index is 12.4. The van der Waals surface area contributed by atoms with Crippen LogP contribution in [0.5, 0.6) is 0 Å². The predicted octanol–water partition coefficient (Wildman–Crippen LogP) is 2.01. The molecule has 2 aromatic rings. The zero-order valence-corrected chi connectivity index (χ0v) is 11.1. The minimum atomic E-state index is -0.0180. The van der Waals surface area contributed by atoms with E-state index in [0.717, 1.165) is 5.56 Å². The van der Waals surface area contributed by atoms with E-state index in [9.17, 15) is 4.79 Å². The van der Waals surface area contributed by atoms with Crippen LogP contribution >= 0.6 is 0 Å². The smallest absolute Gasteiger partial charge is 0.274 e. The Kier molecular flexibility index (Phi) is 2.81. The first-order valence-electron chi connectivity index (χ1n) is 6.41. The number of hydrogen-bond acceptors (Lipinski definition) is 3. The summed E-state index contributed by atoms with van der Waals surface area (Å²) in [5, 5.41) is 4.33. The number of nitrogens with zero attached hydrogens (tertiary/aromatic N) is 4. The SMILES string of the molecule is CC(C)n1ccc(C(=O)N2Cc3ccncc3C2)n1. The van der Waals surface area contributed by atoms with E-state index in [2.05, 4.69) is 10.1 Å². The summed E-state index contributed by atoms with van der Waals surface area (Å²) in [6.07, 6.45) is 5.44. The van der Waals surface area contributed by atoms with Gasteiger partial charge in [-0.05, 0) is 37.1 Å². The van der Waals surface area contributed by atoms with Crippen molar-refractivity contribution in [2.24, 2.45) is 0 Å². The summed E-state index contributed by atoms with van der Waals surface area (Å²) >= 11 is 0. The van der Waals surface area contributed by atoms with Crippen molar-refractivity contribution < 1.29 is 4.79 Å². The third-order valence-corrected chi connectivity index (χ3v) is 3.37. The Balaban J connectivity index is 1.79. The van der Waals surface area contributed by atoms with Gasteiger partial charge in [-0.1, -0.05) is 0 Å². The van der Waals surface area contributed by atoms with Gasteiger partial charge in [-0.15, -0.1) is 0 Å². The molecule has 0 spiro atoms. The highest BCUT2D eigenvalue weighted by atomic mass is 16.2. The van der Waals surface area contributed by atoms with Crippen LogP contribution in [0.4, 0.5) is 0 Å². The Morgan fingerprint density at radius 3 is 2.74 bits per heavy atom. The standard InChI is InChI=1S/C14H16N4O/c1-10(2)18-6-4-13(16-18)14(19)17-8-11-3-5-15-7-12(11)9-17/h3-7,10H,8-9H2,1-2H3. The number of rotatable bonds is 2. The quantitative estimate of drug-likeness (QED) is 0.826. The van der Waals surface area contributed by atoms with Crippen LogP contribution < -0.4 is 0 Å². The minimum Gasteiger partial charge on any atom is -0.329 e. The van der Waals surface area contributed by atoms with Gasteiger partial charge in [-0.25, -0.2) is 0 Å². The molecule has 3 heterocycles. The lowest BCUT2D eigenvalue weighted by Crippen LogP contribution is -2.26. The fourth-order valence-corrected chi connectivity index (χ4v) is 2.27. The molecule has 0 atom stereocenters. The van der Waals surface area contributed by atoms with Crippen molar-refractivity contribution >= 4 is 5.91 Å². The van der Waals surface area contributed by atoms with Gasteiger partial charge < -0.3 is 4.90 Å². The molecule has 5 nitrogen and oxygen atoms in total. The van der Waals surface area contributed by atoms with Crippen LogP contribution in [0.3, 0.4) is 0 Å². The van der Waals surface area contributed by atoms with E-state index in [1.165, 1.54) is 5.56 Å². The van der Waals surface area contributed by atoms with Crippen LogP contribution in [0.1, 0.15) is 41.5 Å². The van der Waals surface area contributed by atoms with Crippen LogP contribution in [0.25, 0.3) is 0 Å². The predicted molar refractivity (Wildman–Crippen MR) is 70.4 cm³/mol. The van der Waals surface area contributed by atoms with E-state index >= 15 is 0 Å². The van der Waals surface area contributed by atoms with Crippen LogP contribution in [-0.4, -0.2) is 25.6 Å². The molecule has 0 saturated heterocycles. The van der Waals surface area contributed by atoms with Gasteiger partial charge in [0.25, 0.3) is 5.91 Å². The van der Waals surface area contributed by atoms with Crippen molar-refractivity contribution in [1.29, 1.82) is 0 Å². The second-order valence-corrected chi connectivity index (χ2v) is 5.08.